The minimum atomic E-state index is -0.0823. The van der Waals surface area contributed by atoms with Gasteiger partial charge < -0.3 is 14.2 Å². The van der Waals surface area contributed by atoms with E-state index in [2.05, 4.69) is 62.2 Å². The van der Waals surface area contributed by atoms with E-state index in [0.717, 1.165) is 17.1 Å². The molecule has 3 aromatic rings. The van der Waals surface area contributed by atoms with Crippen LogP contribution in [0.4, 0.5) is 5.82 Å². The predicted molar refractivity (Wildman–Crippen MR) is 107 cm³/mol. The van der Waals surface area contributed by atoms with Crippen LogP contribution in [0.5, 0.6) is 0 Å². The molecular formula is C20H19BrN4O2. The number of carbonyl (C=O) groups excluding carboxylic acids is 1. The van der Waals surface area contributed by atoms with Crippen LogP contribution in [0.25, 0.3) is 11.3 Å². The van der Waals surface area contributed by atoms with Gasteiger partial charge in [0.05, 0.1) is 5.69 Å². The van der Waals surface area contributed by atoms with E-state index in [1.807, 2.05) is 12.1 Å². The summed E-state index contributed by atoms with van der Waals surface area (Å²) in [6, 6.07) is 15.6. The summed E-state index contributed by atoms with van der Waals surface area (Å²) in [5.74, 6) is 1.11. The minimum Gasteiger partial charge on any atom is -0.444 e. The number of halogens is 1. The van der Waals surface area contributed by atoms with Crippen LogP contribution in [0, 0.1) is 6.92 Å². The Kier molecular flexibility index (Phi) is 4.94. The lowest BCUT2D eigenvalue weighted by molar-refractivity contribution is 0.0713. The first-order valence-corrected chi connectivity index (χ1v) is 9.60. The first-order chi connectivity index (χ1) is 13.1. The van der Waals surface area contributed by atoms with Gasteiger partial charge in [0.15, 0.2) is 16.2 Å². The Balaban J connectivity index is 1.39. The number of benzene rings is 1. The molecule has 0 atom stereocenters. The molecule has 1 aliphatic rings. The van der Waals surface area contributed by atoms with E-state index in [-0.39, 0.29) is 5.91 Å². The molecule has 0 N–H and O–H groups in total. The lowest BCUT2D eigenvalue weighted by atomic mass is 10.1. The van der Waals surface area contributed by atoms with E-state index >= 15 is 0 Å². The Bertz CT molecular complexity index is 929. The highest BCUT2D eigenvalue weighted by atomic mass is 79.9. The molecule has 6 nitrogen and oxygen atoms in total. The van der Waals surface area contributed by atoms with Crippen LogP contribution in [0.2, 0.25) is 0 Å². The molecule has 0 radical (unpaired) electrons. The molecule has 0 unspecified atom stereocenters. The highest BCUT2D eigenvalue weighted by Crippen LogP contribution is 2.21. The number of nitrogens with zero attached hydrogens (tertiary/aromatic N) is 4. The van der Waals surface area contributed by atoms with Gasteiger partial charge in [-0.15, -0.1) is 10.2 Å². The zero-order valence-corrected chi connectivity index (χ0v) is 16.5. The first kappa shape index (κ1) is 17.7. The second kappa shape index (κ2) is 7.52. The minimum absolute atomic E-state index is 0.0823. The molecule has 2 aromatic heterocycles. The smallest absolute Gasteiger partial charge is 0.289 e. The quantitative estimate of drug-likeness (QED) is 0.637. The third kappa shape index (κ3) is 3.88. The molecule has 1 saturated heterocycles. The van der Waals surface area contributed by atoms with Crippen molar-refractivity contribution in [2.75, 3.05) is 31.1 Å². The van der Waals surface area contributed by atoms with Crippen molar-refractivity contribution < 1.29 is 9.21 Å². The molecule has 4 rings (SSSR count). The number of aryl methyl sites for hydroxylation is 1. The maximum absolute atomic E-state index is 12.4. The Hall–Kier alpha value is -2.67. The van der Waals surface area contributed by atoms with Crippen LogP contribution >= 0.6 is 15.9 Å². The molecule has 27 heavy (non-hydrogen) atoms. The fourth-order valence-electron chi connectivity index (χ4n) is 3.10. The molecule has 7 heteroatoms. The number of aromatic nitrogens is 2. The van der Waals surface area contributed by atoms with Gasteiger partial charge in [-0.1, -0.05) is 29.8 Å². The fourth-order valence-corrected chi connectivity index (χ4v) is 3.40. The predicted octanol–water partition coefficient (Wildman–Crippen LogP) is 3.77. The normalized spacial score (nSPS) is 14.4. The number of hydrogen-bond donors (Lipinski definition) is 0. The zero-order chi connectivity index (χ0) is 18.8. The van der Waals surface area contributed by atoms with Gasteiger partial charge in [0.25, 0.3) is 5.91 Å². The highest BCUT2D eigenvalue weighted by molar-refractivity contribution is 9.10. The summed E-state index contributed by atoms with van der Waals surface area (Å²) < 4.78 is 5.93. The van der Waals surface area contributed by atoms with Crippen LogP contribution in [0.3, 0.4) is 0 Å². The van der Waals surface area contributed by atoms with Crippen LogP contribution in [0.15, 0.2) is 57.6 Å². The van der Waals surface area contributed by atoms with Crippen molar-refractivity contribution in [1.82, 2.24) is 15.1 Å². The number of piperazine rings is 1. The third-order valence-corrected chi connectivity index (χ3v) is 5.10. The van der Waals surface area contributed by atoms with E-state index in [4.69, 9.17) is 4.42 Å². The molecule has 0 bridgehead atoms. The van der Waals surface area contributed by atoms with Crippen LogP contribution in [0.1, 0.15) is 16.1 Å². The van der Waals surface area contributed by atoms with Crippen LogP contribution in [-0.2, 0) is 0 Å². The van der Waals surface area contributed by atoms with Gasteiger partial charge in [0, 0.05) is 31.7 Å². The van der Waals surface area contributed by atoms with Crippen molar-refractivity contribution in [3.05, 3.63) is 64.5 Å². The number of carbonyl (C=O) groups is 1. The average Bonchev–Trinajstić information content (AvgIpc) is 3.15. The first-order valence-electron chi connectivity index (χ1n) is 8.80. The molecule has 3 heterocycles. The van der Waals surface area contributed by atoms with E-state index < -0.39 is 0 Å². The molecule has 1 amide bonds. The van der Waals surface area contributed by atoms with Gasteiger partial charge in [0.2, 0.25) is 0 Å². The van der Waals surface area contributed by atoms with Gasteiger partial charge >= 0.3 is 0 Å². The van der Waals surface area contributed by atoms with Crippen molar-refractivity contribution in [2.45, 2.75) is 6.92 Å². The summed E-state index contributed by atoms with van der Waals surface area (Å²) in [6.45, 7) is 4.74. The summed E-state index contributed by atoms with van der Waals surface area (Å²) >= 11 is 3.23. The van der Waals surface area contributed by atoms with Gasteiger partial charge in [-0.3, -0.25) is 4.79 Å². The van der Waals surface area contributed by atoms with E-state index in [9.17, 15) is 4.79 Å². The maximum Gasteiger partial charge on any atom is 0.289 e. The Morgan fingerprint density at radius 2 is 1.70 bits per heavy atom. The maximum atomic E-state index is 12.4. The van der Waals surface area contributed by atoms with Crippen molar-refractivity contribution in [2.24, 2.45) is 0 Å². The molecule has 0 spiro atoms. The largest absolute Gasteiger partial charge is 0.444 e. The van der Waals surface area contributed by atoms with E-state index in [1.165, 1.54) is 5.56 Å². The number of anilines is 1. The summed E-state index contributed by atoms with van der Waals surface area (Å²) in [5, 5.41) is 8.75. The highest BCUT2D eigenvalue weighted by Gasteiger charge is 2.24. The van der Waals surface area contributed by atoms with Crippen molar-refractivity contribution in [3.63, 3.8) is 0 Å². The monoisotopic (exact) mass is 426 g/mol. The molecular weight excluding hydrogens is 408 g/mol. The lowest BCUT2D eigenvalue weighted by Gasteiger charge is -2.34. The summed E-state index contributed by atoms with van der Waals surface area (Å²) in [7, 11) is 0. The summed E-state index contributed by atoms with van der Waals surface area (Å²) in [6.07, 6.45) is 0. The van der Waals surface area contributed by atoms with Crippen molar-refractivity contribution in [3.8, 4) is 11.3 Å². The Morgan fingerprint density at radius 3 is 2.30 bits per heavy atom. The van der Waals surface area contributed by atoms with Crippen LogP contribution < -0.4 is 4.90 Å². The van der Waals surface area contributed by atoms with Crippen molar-refractivity contribution >= 4 is 27.7 Å². The lowest BCUT2D eigenvalue weighted by Crippen LogP contribution is -2.49. The molecule has 1 aliphatic heterocycles. The van der Waals surface area contributed by atoms with Crippen LogP contribution in [-0.4, -0.2) is 47.2 Å². The topological polar surface area (TPSA) is 62.5 Å². The van der Waals surface area contributed by atoms with Gasteiger partial charge in [-0.05, 0) is 47.1 Å². The number of furan rings is 1. The Labute approximate surface area is 165 Å². The average molecular weight is 427 g/mol. The number of hydrogen-bond acceptors (Lipinski definition) is 5. The molecule has 138 valence electrons. The van der Waals surface area contributed by atoms with E-state index in [1.54, 1.807) is 17.0 Å². The standard InChI is InChI=1S/C20H19BrN4O2/c1-14-2-4-15(5-3-14)16-6-9-19(23-22-16)24-10-12-25(13-11-24)20(26)17-7-8-18(21)27-17/h2-9H,10-13H2,1H3. The van der Waals surface area contributed by atoms with Gasteiger partial charge in [-0.25, -0.2) is 0 Å². The van der Waals surface area contributed by atoms with Crippen molar-refractivity contribution in [1.29, 1.82) is 0 Å². The fraction of sp³-hybridized carbons (Fsp3) is 0.250. The second-order valence-electron chi connectivity index (χ2n) is 6.53. The number of amides is 1. The summed E-state index contributed by atoms with van der Waals surface area (Å²) in [5.41, 5.74) is 3.13. The molecule has 0 saturated carbocycles. The van der Waals surface area contributed by atoms with Gasteiger partial charge in [-0.2, -0.15) is 0 Å². The van der Waals surface area contributed by atoms with E-state index in [0.29, 0.717) is 36.6 Å². The Morgan fingerprint density at radius 1 is 0.963 bits per heavy atom. The zero-order valence-electron chi connectivity index (χ0n) is 14.9. The second-order valence-corrected chi connectivity index (χ2v) is 7.31. The molecule has 1 aromatic carbocycles. The number of rotatable bonds is 3. The van der Waals surface area contributed by atoms with Gasteiger partial charge in [0.1, 0.15) is 0 Å². The molecule has 1 fully saturated rings. The summed E-state index contributed by atoms with van der Waals surface area (Å²) in [4.78, 5) is 16.4. The molecule has 0 aliphatic carbocycles. The SMILES string of the molecule is Cc1ccc(-c2ccc(N3CCN(C(=O)c4ccc(Br)o4)CC3)nn2)cc1. The third-order valence-electron chi connectivity index (χ3n) is 4.67.